The number of aliphatic hydroxyl groups excluding tert-OH is 2. The molecule has 3 atom stereocenters. The molecule has 0 aromatic carbocycles. The quantitative estimate of drug-likeness (QED) is 0.0309. The third kappa shape index (κ3) is 39.2. The monoisotopic (exact) mass is 793 g/mol. The van der Waals surface area contributed by atoms with Crippen LogP contribution in [0.5, 0.6) is 0 Å². The van der Waals surface area contributed by atoms with Gasteiger partial charge in [-0.15, -0.1) is 0 Å². The Morgan fingerprint density at radius 2 is 0.833 bits per heavy atom. The van der Waals surface area contributed by atoms with Gasteiger partial charge in [0.15, 0.2) is 6.10 Å². The molecule has 0 amide bonds. The van der Waals surface area contributed by atoms with E-state index in [4.69, 9.17) is 19.1 Å². The maximum atomic E-state index is 12.2. The number of hydrogen-bond donors (Lipinski definition) is 3. The summed E-state index contributed by atoms with van der Waals surface area (Å²) >= 11 is 0. The van der Waals surface area contributed by atoms with E-state index < -0.39 is 51.8 Å². The van der Waals surface area contributed by atoms with E-state index in [1.54, 1.807) is 6.92 Å². The average molecular weight is 793 g/mol. The number of rotatable bonds is 43. The van der Waals surface area contributed by atoms with E-state index in [0.29, 0.717) is 12.8 Å². The van der Waals surface area contributed by atoms with Gasteiger partial charge in [0.2, 0.25) is 0 Å². The first-order valence-electron chi connectivity index (χ1n) is 22.5. The third-order valence-corrected chi connectivity index (χ3v) is 10.9. The summed E-state index contributed by atoms with van der Waals surface area (Å²) in [5.74, 6) is -0.973. The van der Waals surface area contributed by atoms with E-state index in [1.165, 1.54) is 173 Å². The fourth-order valence-corrected chi connectivity index (χ4v) is 7.35. The number of phosphoric ester groups is 1. The number of hydrogen-bond acceptors (Lipinski definition) is 9. The lowest BCUT2D eigenvalue weighted by Crippen LogP contribution is -2.29. The van der Waals surface area contributed by atoms with Gasteiger partial charge in [-0.05, 0) is 12.8 Å². The minimum absolute atomic E-state index is 0.139. The highest BCUT2D eigenvalue weighted by Crippen LogP contribution is 2.43. The van der Waals surface area contributed by atoms with Crippen molar-refractivity contribution in [2.45, 2.75) is 238 Å². The standard InChI is InChI=1S/C43H85O10P/c1-3-5-6-7-8-9-10-11-12-13-14-15-16-17-18-19-20-21-22-23-24-25-26-27-28-29-30-31-32-33-35-42(46)50-38-41(53-43(47)34-4-2)39-52-54(48,49)51-37-40(45)36-44/h40-41,44-45H,3-39H2,1-2H3,(H,48,49)/t40-,41+/m0/s1. The Hall–Kier alpha value is -1.03. The van der Waals surface area contributed by atoms with Crippen LogP contribution in [0.15, 0.2) is 0 Å². The van der Waals surface area contributed by atoms with Crippen LogP contribution in [0.3, 0.4) is 0 Å². The van der Waals surface area contributed by atoms with Crippen LogP contribution in [0.1, 0.15) is 226 Å². The third-order valence-electron chi connectivity index (χ3n) is 9.98. The minimum atomic E-state index is -4.58. The summed E-state index contributed by atoms with van der Waals surface area (Å²) < 4.78 is 31.9. The molecule has 3 N–H and O–H groups in total. The Balaban J connectivity index is 3.59. The minimum Gasteiger partial charge on any atom is -0.462 e. The topological polar surface area (TPSA) is 149 Å². The second-order valence-electron chi connectivity index (χ2n) is 15.4. The number of ether oxygens (including phenoxy) is 2. The number of esters is 2. The van der Waals surface area contributed by atoms with Crippen molar-refractivity contribution in [3.63, 3.8) is 0 Å². The van der Waals surface area contributed by atoms with Crippen LogP contribution >= 0.6 is 7.82 Å². The van der Waals surface area contributed by atoms with Gasteiger partial charge in [-0.1, -0.05) is 200 Å². The molecule has 11 heteroatoms. The van der Waals surface area contributed by atoms with Gasteiger partial charge in [0.1, 0.15) is 12.7 Å². The van der Waals surface area contributed by atoms with Crippen molar-refractivity contribution < 1.29 is 47.8 Å². The van der Waals surface area contributed by atoms with Crippen LogP contribution in [0.25, 0.3) is 0 Å². The van der Waals surface area contributed by atoms with Crippen molar-refractivity contribution >= 4 is 19.8 Å². The molecule has 0 saturated heterocycles. The summed E-state index contributed by atoms with van der Waals surface area (Å²) in [6, 6.07) is 0. The average Bonchev–Trinajstić information content (AvgIpc) is 3.15. The lowest BCUT2D eigenvalue weighted by atomic mass is 10.0. The molecule has 322 valence electrons. The molecule has 0 fully saturated rings. The van der Waals surface area contributed by atoms with Crippen LogP contribution in [0.4, 0.5) is 0 Å². The Morgan fingerprint density at radius 3 is 1.19 bits per heavy atom. The maximum absolute atomic E-state index is 12.2. The van der Waals surface area contributed by atoms with Crippen molar-refractivity contribution in [1.29, 1.82) is 0 Å². The van der Waals surface area contributed by atoms with Gasteiger partial charge in [-0.25, -0.2) is 4.57 Å². The van der Waals surface area contributed by atoms with Gasteiger partial charge in [-0.3, -0.25) is 18.6 Å². The lowest BCUT2D eigenvalue weighted by molar-refractivity contribution is -0.161. The molecule has 0 aliphatic carbocycles. The van der Waals surface area contributed by atoms with Crippen LogP contribution in [0.2, 0.25) is 0 Å². The van der Waals surface area contributed by atoms with Crippen LogP contribution in [0, 0.1) is 0 Å². The highest BCUT2D eigenvalue weighted by atomic mass is 31.2. The Morgan fingerprint density at radius 1 is 0.481 bits per heavy atom. The predicted molar refractivity (Wildman–Crippen MR) is 219 cm³/mol. The molecule has 0 aromatic heterocycles. The predicted octanol–water partition coefficient (Wildman–Crippen LogP) is 11.8. The molecule has 10 nitrogen and oxygen atoms in total. The van der Waals surface area contributed by atoms with E-state index >= 15 is 0 Å². The van der Waals surface area contributed by atoms with Crippen LogP contribution in [-0.4, -0.2) is 65.7 Å². The number of carbonyl (C=O) groups excluding carboxylic acids is 2. The molecule has 0 rings (SSSR count). The number of aliphatic hydroxyl groups is 2. The Bertz CT molecular complexity index is 873. The summed E-state index contributed by atoms with van der Waals surface area (Å²) in [5, 5.41) is 18.1. The molecule has 54 heavy (non-hydrogen) atoms. The smallest absolute Gasteiger partial charge is 0.462 e. The molecular formula is C43H85O10P. The zero-order valence-corrected chi connectivity index (χ0v) is 35.9. The first-order valence-corrected chi connectivity index (χ1v) is 24.0. The summed E-state index contributed by atoms with van der Waals surface area (Å²) in [4.78, 5) is 34.0. The number of unbranched alkanes of at least 4 members (excludes halogenated alkanes) is 29. The van der Waals surface area contributed by atoms with Gasteiger partial charge in [0, 0.05) is 12.8 Å². The Labute approximate surface area is 331 Å². The maximum Gasteiger partial charge on any atom is 0.472 e. The highest BCUT2D eigenvalue weighted by molar-refractivity contribution is 7.47. The molecule has 0 heterocycles. The van der Waals surface area contributed by atoms with E-state index in [9.17, 15) is 24.2 Å². The highest BCUT2D eigenvalue weighted by Gasteiger charge is 2.27. The number of carbonyl (C=O) groups is 2. The molecule has 1 unspecified atom stereocenters. The van der Waals surface area contributed by atoms with E-state index in [0.717, 1.165) is 12.8 Å². The molecule has 0 bridgehead atoms. The molecule has 0 spiro atoms. The van der Waals surface area contributed by atoms with Crippen molar-refractivity contribution in [2.24, 2.45) is 0 Å². The van der Waals surface area contributed by atoms with Gasteiger partial charge >= 0.3 is 19.8 Å². The van der Waals surface area contributed by atoms with E-state index in [2.05, 4.69) is 11.4 Å². The van der Waals surface area contributed by atoms with Gasteiger partial charge in [0.05, 0.1) is 19.8 Å². The van der Waals surface area contributed by atoms with Gasteiger partial charge < -0.3 is 24.6 Å². The normalized spacial score (nSPS) is 13.8. The molecule has 0 saturated carbocycles. The van der Waals surface area contributed by atoms with Gasteiger partial charge in [-0.2, -0.15) is 0 Å². The van der Waals surface area contributed by atoms with E-state index in [1.807, 2.05) is 0 Å². The van der Waals surface area contributed by atoms with Crippen molar-refractivity contribution in [3.05, 3.63) is 0 Å². The first-order chi connectivity index (χ1) is 26.2. The molecule has 0 aliphatic rings. The van der Waals surface area contributed by atoms with Crippen molar-refractivity contribution in [2.75, 3.05) is 26.4 Å². The van der Waals surface area contributed by atoms with Gasteiger partial charge in [0.25, 0.3) is 0 Å². The fraction of sp³-hybridized carbons (Fsp3) is 0.953. The molecule has 0 aliphatic heterocycles. The van der Waals surface area contributed by atoms with E-state index in [-0.39, 0.29) is 19.4 Å². The summed E-state index contributed by atoms with van der Waals surface area (Å²) in [6.07, 6.45) is 38.9. The van der Waals surface area contributed by atoms with Crippen molar-refractivity contribution in [3.8, 4) is 0 Å². The zero-order valence-electron chi connectivity index (χ0n) is 35.0. The molecular weight excluding hydrogens is 707 g/mol. The summed E-state index contributed by atoms with van der Waals surface area (Å²) in [5.41, 5.74) is 0. The second-order valence-corrected chi connectivity index (χ2v) is 16.9. The molecule has 0 radical (unpaired) electrons. The summed E-state index contributed by atoms with van der Waals surface area (Å²) in [7, 11) is -4.58. The second kappa shape index (κ2) is 40.2. The van der Waals surface area contributed by atoms with Crippen LogP contribution < -0.4 is 0 Å². The largest absolute Gasteiger partial charge is 0.472 e. The fourth-order valence-electron chi connectivity index (χ4n) is 6.56. The SMILES string of the molecule is CCCCCCCCCCCCCCCCCCCCCCCCCCCCCCCCC(=O)OC[C@H](COP(=O)(O)OC[C@@H](O)CO)OC(=O)CCC. The van der Waals surface area contributed by atoms with Crippen molar-refractivity contribution in [1.82, 2.24) is 0 Å². The zero-order chi connectivity index (χ0) is 39.8. The lowest BCUT2D eigenvalue weighted by Gasteiger charge is -2.20. The van der Waals surface area contributed by atoms with Crippen LogP contribution in [-0.2, 0) is 32.7 Å². The number of phosphoric acid groups is 1. The Kier molecular flexibility index (Phi) is 39.4. The molecule has 0 aromatic rings. The first kappa shape index (κ1) is 53.0. The summed E-state index contributed by atoms with van der Waals surface area (Å²) in [6.45, 7) is 1.99.